The van der Waals surface area contributed by atoms with Crippen LogP contribution in [0.3, 0.4) is 0 Å². The van der Waals surface area contributed by atoms with Gasteiger partial charge in [-0.25, -0.2) is 0 Å². The summed E-state index contributed by atoms with van der Waals surface area (Å²) in [5.74, 6) is -0.499. The molecule has 0 N–H and O–H groups in total. The van der Waals surface area contributed by atoms with E-state index in [0.29, 0.717) is 12.3 Å². The van der Waals surface area contributed by atoms with Crippen molar-refractivity contribution in [3.05, 3.63) is 47.7 Å². The molecule has 2 rings (SSSR count). The predicted molar refractivity (Wildman–Crippen MR) is 66.7 cm³/mol. The minimum Gasteiger partial charge on any atom is -0.406 e. The third-order valence-electron chi connectivity index (χ3n) is 2.73. The zero-order valence-electron chi connectivity index (χ0n) is 11.1. The number of nitrogens with zero attached hydrogens (tertiary/aromatic N) is 1. The van der Waals surface area contributed by atoms with Crippen molar-refractivity contribution in [1.29, 1.82) is 0 Å². The molecule has 2 aromatic rings. The smallest absolute Gasteiger partial charge is 0.406 e. The van der Waals surface area contributed by atoms with Crippen LogP contribution in [0.1, 0.15) is 15.9 Å². The fraction of sp³-hybridized carbons (Fsp3) is 0.143. The Morgan fingerprint density at radius 1 is 1.00 bits per heavy atom. The van der Waals surface area contributed by atoms with Gasteiger partial charge < -0.3 is 4.74 Å². The molecule has 23 heavy (non-hydrogen) atoms. The zero-order chi connectivity index (χ0) is 17.3. The number of benzene rings is 1. The molecule has 0 saturated carbocycles. The van der Waals surface area contributed by atoms with Gasteiger partial charge in [0.25, 0.3) is 0 Å². The molecule has 9 heteroatoms. The number of alkyl halides is 6. The summed E-state index contributed by atoms with van der Waals surface area (Å²) in [4.78, 5) is 14.5. The van der Waals surface area contributed by atoms with E-state index in [9.17, 15) is 31.1 Å². The molecule has 0 fully saturated rings. The van der Waals surface area contributed by atoms with Crippen molar-refractivity contribution in [3.63, 3.8) is 0 Å². The third-order valence-corrected chi connectivity index (χ3v) is 2.73. The number of halogens is 6. The molecular weight excluding hydrogens is 328 g/mol. The van der Waals surface area contributed by atoms with Gasteiger partial charge in [0.1, 0.15) is 5.75 Å². The van der Waals surface area contributed by atoms with Crippen LogP contribution < -0.4 is 4.74 Å². The van der Waals surface area contributed by atoms with Crippen molar-refractivity contribution in [2.45, 2.75) is 12.5 Å². The lowest BCUT2D eigenvalue weighted by atomic mass is 10.0. The van der Waals surface area contributed by atoms with Crippen LogP contribution in [0.25, 0.3) is 11.3 Å². The van der Waals surface area contributed by atoms with Crippen LogP contribution in [0.2, 0.25) is 0 Å². The Morgan fingerprint density at radius 3 is 2.09 bits per heavy atom. The summed E-state index contributed by atoms with van der Waals surface area (Å²) in [5, 5.41) is 0. The van der Waals surface area contributed by atoms with Gasteiger partial charge in [0.05, 0.1) is 11.3 Å². The molecule has 0 atom stereocenters. The average Bonchev–Trinajstić information content (AvgIpc) is 2.45. The molecule has 0 radical (unpaired) electrons. The van der Waals surface area contributed by atoms with Gasteiger partial charge in [-0.15, -0.1) is 13.2 Å². The second-order valence-electron chi connectivity index (χ2n) is 4.35. The summed E-state index contributed by atoms with van der Waals surface area (Å²) >= 11 is 0. The van der Waals surface area contributed by atoms with Crippen LogP contribution in [0.5, 0.6) is 5.75 Å². The molecule has 122 valence electrons. The number of hydrogen-bond donors (Lipinski definition) is 0. The van der Waals surface area contributed by atoms with Gasteiger partial charge in [-0.1, -0.05) is 0 Å². The van der Waals surface area contributed by atoms with E-state index in [0.717, 1.165) is 24.3 Å². The molecule has 0 amide bonds. The SMILES string of the molecule is O=Cc1cc(C(F)(F)F)cnc1-c1ccc(OC(F)(F)F)cc1. The molecule has 1 aromatic heterocycles. The maximum atomic E-state index is 12.6. The van der Waals surface area contributed by atoms with Crippen LogP contribution in [0.15, 0.2) is 36.5 Å². The van der Waals surface area contributed by atoms with Crippen LogP contribution >= 0.6 is 0 Å². The Bertz CT molecular complexity index is 707. The van der Waals surface area contributed by atoms with E-state index in [1.807, 2.05) is 0 Å². The van der Waals surface area contributed by atoms with Crippen LogP contribution in [0.4, 0.5) is 26.3 Å². The van der Waals surface area contributed by atoms with Gasteiger partial charge in [-0.2, -0.15) is 13.2 Å². The molecular formula is C14H7F6NO2. The van der Waals surface area contributed by atoms with E-state index in [2.05, 4.69) is 9.72 Å². The molecule has 0 saturated heterocycles. The Morgan fingerprint density at radius 2 is 1.61 bits per heavy atom. The first-order chi connectivity index (χ1) is 10.6. The highest BCUT2D eigenvalue weighted by Crippen LogP contribution is 2.32. The number of hydrogen-bond acceptors (Lipinski definition) is 3. The van der Waals surface area contributed by atoms with E-state index in [1.54, 1.807) is 0 Å². The lowest BCUT2D eigenvalue weighted by molar-refractivity contribution is -0.274. The fourth-order valence-electron chi connectivity index (χ4n) is 1.78. The van der Waals surface area contributed by atoms with Gasteiger partial charge in [-0.3, -0.25) is 9.78 Å². The highest BCUT2D eigenvalue weighted by atomic mass is 19.4. The van der Waals surface area contributed by atoms with Gasteiger partial charge in [0.15, 0.2) is 6.29 Å². The number of aromatic nitrogens is 1. The first kappa shape index (κ1) is 16.8. The molecule has 3 nitrogen and oxygen atoms in total. The maximum absolute atomic E-state index is 12.6. The number of aldehydes is 1. The van der Waals surface area contributed by atoms with Gasteiger partial charge in [0, 0.05) is 17.3 Å². The van der Waals surface area contributed by atoms with Crippen molar-refractivity contribution in [2.75, 3.05) is 0 Å². The van der Waals surface area contributed by atoms with E-state index in [-0.39, 0.29) is 23.1 Å². The molecule has 0 spiro atoms. The number of carbonyl (C=O) groups excluding carboxylic acids is 1. The highest BCUT2D eigenvalue weighted by molar-refractivity contribution is 5.86. The standard InChI is InChI=1S/C14H7F6NO2/c15-13(16,17)10-5-9(7-22)12(21-6-10)8-1-3-11(4-2-8)23-14(18,19)20/h1-7H. The first-order valence-corrected chi connectivity index (χ1v) is 5.99. The van der Waals surface area contributed by atoms with E-state index in [4.69, 9.17) is 0 Å². The summed E-state index contributed by atoms with van der Waals surface area (Å²) < 4.78 is 77.5. The van der Waals surface area contributed by atoms with Gasteiger partial charge >= 0.3 is 12.5 Å². The Kier molecular flexibility index (Phi) is 4.31. The number of rotatable bonds is 3. The average molecular weight is 335 g/mol. The lowest BCUT2D eigenvalue weighted by Gasteiger charge is -2.11. The minimum absolute atomic E-state index is 0.0773. The quantitative estimate of drug-likeness (QED) is 0.613. The summed E-state index contributed by atoms with van der Waals surface area (Å²) in [6, 6.07) is 4.87. The molecule has 0 bridgehead atoms. The second-order valence-corrected chi connectivity index (χ2v) is 4.35. The zero-order valence-corrected chi connectivity index (χ0v) is 11.1. The van der Waals surface area contributed by atoms with Crippen molar-refractivity contribution in [2.24, 2.45) is 0 Å². The first-order valence-electron chi connectivity index (χ1n) is 5.99. The third kappa shape index (κ3) is 4.21. The topological polar surface area (TPSA) is 39.2 Å². The van der Waals surface area contributed by atoms with Crippen LogP contribution in [0, 0.1) is 0 Å². The van der Waals surface area contributed by atoms with Crippen molar-refractivity contribution in [1.82, 2.24) is 4.98 Å². The number of pyridine rings is 1. The predicted octanol–water partition coefficient (Wildman–Crippen LogP) is 4.48. The van der Waals surface area contributed by atoms with Gasteiger partial charge in [-0.05, 0) is 30.3 Å². The number of carbonyl (C=O) groups is 1. The highest BCUT2D eigenvalue weighted by Gasteiger charge is 2.32. The summed E-state index contributed by atoms with van der Waals surface area (Å²) in [6.07, 6.45) is -8.78. The maximum Gasteiger partial charge on any atom is 0.573 e. The molecule has 0 aliphatic heterocycles. The molecule has 0 unspecified atom stereocenters. The van der Waals surface area contributed by atoms with Gasteiger partial charge in [0.2, 0.25) is 0 Å². The van der Waals surface area contributed by atoms with Crippen molar-refractivity contribution >= 4 is 6.29 Å². The lowest BCUT2D eigenvalue weighted by Crippen LogP contribution is -2.16. The molecule has 0 aliphatic rings. The summed E-state index contributed by atoms with van der Waals surface area (Å²) in [6.45, 7) is 0. The summed E-state index contributed by atoms with van der Waals surface area (Å²) in [7, 11) is 0. The van der Waals surface area contributed by atoms with Crippen LogP contribution in [-0.4, -0.2) is 17.6 Å². The minimum atomic E-state index is -4.86. The normalized spacial score (nSPS) is 12.1. The number of ether oxygens (including phenoxy) is 1. The van der Waals surface area contributed by atoms with Crippen LogP contribution in [-0.2, 0) is 6.18 Å². The Balaban J connectivity index is 2.37. The molecule has 0 aliphatic carbocycles. The Labute approximate surface area is 125 Å². The van der Waals surface area contributed by atoms with Crippen molar-refractivity contribution < 1.29 is 35.9 Å². The van der Waals surface area contributed by atoms with E-state index < -0.39 is 23.9 Å². The molecule has 1 heterocycles. The molecule has 1 aromatic carbocycles. The second kappa shape index (κ2) is 5.90. The largest absolute Gasteiger partial charge is 0.573 e. The summed E-state index contributed by atoms with van der Waals surface area (Å²) in [5.41, 5.74) is -1.33. The van der Waals surface area contributed by atoms with E-state index in [1.165, 1.54) is 0 Å². The fourth-order valence-corrected chi connectivity index (χ4v) is 1.78. The van der Waals surface area contributed by atoms with Crippen molar-refractivity contribution in [3.8, 4) is 17.0 Å². The van der Waals surface area contributed by atoms with E-state index >= 15 is 0 Å². The monoisotopic (exact) mass is 335 g/mol. The Hall–Kier alpha value is -2.58.